The van der Waals surface area contributed by atoms with Crippen molar-refractivity contribution in [1.29, 1.82) is 0 Å². The zero-order valence-electron chi connectivity index (χ0n) is 9.04. The largest absolute Gasteiger partial charge is 0.388 e. The maximum absolute atomic E-state index is 9.81. The molecule has 0 aliphatic carbocycles. The number of nitrogens with one attached hydrogen (secondary N) is 1. The first kappa shape index (κ1) is 11.0. The molecule has 1 unspecified atom stereocenters. The van der Waals surface area contributed by atoms with Crippen molar-refractivity contribution in [3.05, 3.63) is 11.8 Å². The molecule has 0 saturated carbocycles. The van der Waals surface area contributed by atoms with Gasteiger partial charge in [-0.15, -0.1) is 0 Å². The molecule has 4 nitrogen and oxygen atoms in total. The molecule has 1 heterocycles. The highest BCUT2D eigenvalue weighted by atomic mass is 16.3. The molecule has 1 atom stereocenters. The van der Waals surface area contributed by atoms with Gasteiger partial charge in [-0.3, -0.25) is 5.10 Å². The maximum atomic E-state index is 9.81. The molecule has 4 heteroatoms. The van der Waals surface area contributed by atoms with Crippen LogP contribution in [0, 0.1) is 5.41 Å². The van der Waals surface area contributed by atoms with Crippen LogP contribution >= 0.6 is 0 Å². The molecule has 1 rings (SSSR count). The molecule has 0 aliphatic heterocycles. The highest BCUT2D eigenvalue weighted by Gasteiger charge is 2.17. The average Bonchev–Trinajstić information content (AvgIpc) is 2.46. The number of hydrogen-bond donors (Lipinski definition) is 3. The van der Waals surface area contributed by atoms with Crippen LogP contribution in [-0.4, -0.2) is 15.3 Å². The minimum atomic E-state index is -0.507. The minimum absolute atomic E-state index is 0.236. The molecule has 1 aromatic rings. The summed E-state index contributed by atoms with van der Waals surface area (Å²) in [4.78, 5) is 0. The molecule has 0 saturated heterocycles. The summed E-state index contributed by atoms with van der Waals surface area (Å²) in [5.74, 6) is 0.464. The Balaban J connectivity index is 2.51. The van der Waals surface area contributed by atoms with Crippen molar-refractivity contribution in [2.45, 2.75) is 39.7 Å². The van der Waals surface area contributed by atoms with E-state index in [1.807, 2.05) is 0 Å². The van der Waals surface area contributed by atoms with Crippen LogP contribution in [0.3, 0.4) is 0 Å². The fourth-order valence-corrected chi connectivity index (χ4v) is 1.30. The van der Waals surface area contributed by atoms with E-state index < -0.39 is 6.10 Å². The van der Waals surface area contributed by atoms with E-state index in [2.05, 4.69) is 31.0 Å². The van der Waals surface area contributed by atoms with Crippen molar-refractivity contribution >= 4 is 5.82 Å². The summed E-state index contributed by atoms with van der Waals surface area (Å²) in [5.41, 5.74) is 6.54. The number of aromatic amines is 1. The number of rotatable bonds is 3. The predicted octanol–water partition coefficient (Wildman–Crippen LogP) is 1.85. The molecule has 80 valence electrons. The number of aliphatic hydroxyl groups is 1. The van der Waals surface area contributed by atoms with Crippen molar-refractivity contribution in [3.63, 3.8) is 0 Å². The topological polar surface area (TPSA) is 74.9 Å². The molecule has 0 aliphatic rings. The minimum Gasteiger partial charge on any atom is -0.388 e. The summed E-state index contributed by atoms with van der Waals surface area (Å²) in [6.45, 7) is 6.45. The second kappa shape index (κ2) is 4.00. The molecular weight excluding hydrogens is 178 g/mol. The van der Waals surface area contributed by atoms with Crippen LogP contribution in [0.4, 0.5) is 5.82 Å². The Bertz CT molecular complexity index is 288. The van der Waals surface area contributed by atoms with Gasteiger partial charge in [-0.2, -0.15) is 5.10 Å². The summed E-state index contributed by atoms with van der Waals surface area (Å²) in [6, 6.07) is 0. The second-order valence-electron chi connectivity index (χ2n) is 4.85. The highest BCUT2D eigenvalue weighted by Crippen LogP contribution is 2.28. The molecule has 0 amide bonds. The molecule has 4 N–H and O–H groups in total. The third-order valence-electron chi connectivity index (χ3n) is 2.23. The number of nitrogens with zero attached hydrogens (tertiary/aromatic N) is 1. The lowest BCUT2D eigenvalue weighted by atomic mass is 9.88. The average molecular weight is 197 g/mol. The van der Waals surface area contributed by atoms with Crippen molar-refractivity contribution in [3.8, 4) is 0 Å². The van der Waals surface area contributed by atoms with Gasteiger partial charge in [-0.1, -0.05) is 20.8 Å². The lowest BCUT2D eigenvalue weighted by molar-refractivity contribution is 0.148. The van der Waals surface area contributed by atoms with E-state index in [4.69, 9.17) is 5.73 Å². The van der Waals surface area contributed by atoms with E-state index in [1.165, 1.54) is 0 Å². The Morgan fingerprint density at radius 2 is 2.21 bits per heavy atom. The summed E-state index contributed by atoms with van der Waals surface area (Å²) >= 11 is 0. The quantitative estimate of drug-likeness (QED) is 0.692. The lowest BCUT2D eigenvalue weighted by Gasteiger charge is -2.19. The zero-order valence-corrected chi connectivity index (χ0v) is 9.04. The number of hydrogen-bond acceptors (Lipinski definition) is 3. The molecular formula is C10H19N3O. The van der Waals surface area contributed by atoms with Gasteiger partial charge in [-0.05, 0) is 18.3 Å². The Morgan fingerprint density at radius 3 is 2.64 bits per heavy atom. The summed E-state index contributed by atoms with van der Waals surface area (Å²) in [6.07, 6.45) is 2.75. The Kier molecular flexibility index (Phi) is 3.16. The van der Waals surface area contributed by atoms with Crippen molar-refractivity contribution < 1.29 is 5.11 Å². The summed E-state index contributed by atoms with van der Waals surface area (Å²) in [5, 5.41) is 16.2. The van der Waals surface area contributed by atoms with Crippen LogP contribution in [0.15, 0.2) is 6.20 Å². The fourth-order valence-electron chi connectivity index (χ4n) is 1.30. The SMILES string of the molecule is CC(C)(C)CCC(O)c1cn[nH]c1N. The number of nitrogen functional groups attached to an aromatic ring is 1. The van der Waals surface area contributed by atoms with Gasteiger partial charge in [0.15, 0.2) is 0 Å². The Labute approximate surface area is 84.5 Å². The Morgan fingerprint density at radius 1 is 1.57 bits per heavy atom. The first-order valence-electron chi connectivity index (χ1n) is 4.87. The first-order chi connectivity index (χ1) is 6.40. The molecule has 14 heavy (non-hydrogen) atoms. The Hall–Kier alpha value is -1.03. The first-order valence-corrected chi connectivity index (χ1v) is 4.87. The lowest BCUT2D eigenvalue weighted by Crippen LogP contribution is -2.08. The number of anilines is 1. The van der Waals surface area contributed by atoms with Crippen LogP contribution < -0.4 is 5.73 Å². The van der Waals surface area contributed by atoms with E-state index in [1.54, 1.807) is 6.20 Å². The molecule has 0 spiro atoms. The van der Waals surface area contributed by atoms with Crippen molar-refractivity contribution in [2.24, 2.45) is 5.41 Å². The smallest absolute Gasteiger partial charge is 0.124 e. The number of aromatic nitrogens is 2. The van der Waals surface area contributed by atoms with Gasteiger partial charge in [0, 0.05) is 5.56 Å². The summed E-state index contributed by atoms with van der Waals surface area (Å²) < 4.78 is 0. The third kappa shape index (κ3) is 3.03. The van der Waals surface area contributed by atoms with Gasteiger partial charge in [0.25, 0.3) is 0 Å². The standard InChI is InChI=1S/C10H19N3O/c1-10(2,3)5-4-8(14)7-6-12-13-9(7)11/h6,8,14H,4-5H2,1-3H3,(H3,11,12,13). The van der Waals surface area contributed by atoms with Gasteiger partial charge in [0.1, 0.15) is 5.82 Å². The molecule has 0 aromatic carbocycles. The predicted molar refractivity (Wildman–Crippen MR) is 56.6 cm³/mol. The van der Waals surface area contributed by atoms with Crippen LogP contribution in [0.25, 0.3) is 0 Å². The van der Waals surface area contributed by atoms with Crippen LogP contribution in [0.2, 0.25) is 0 Å². The van der Waals surface area contributed by atoms with E-state index >= 15 is 0 Å². The molecule has 1 aromatic heterocycles. The number of aliphatic hydroxyl groups excluding tert-OH is 1. The van der Waals surface area contributed by atoms with Crippen LogP contribution in [0.1, 0.15) is 45.3 Å². The van der Waals surface area contributed by atoms with Crippen molar-refractivity contribution in [1.82, 2.24) is 10.2 Å². The van der Waals surface area contributed by atoms with Gasteiger partial charge in [0.05, 0.1) is 12.3 Å². The van der Waals surface area contributed by atoms with E-state index in [-0.39, 0.29) is 5.41 Å². The summed E-state index contributed by atoms with van der Waals surface area (Å²) in [7, 11) is 0. The second-order valence-corrected chi connectivity index (χ2v) is 4.85. The van der Waals surface area contributed by atoms with E-state index in [9.17, 15) is 5.11 Å². The monoisotopic (exact) mass is 197 g/mol. The normalized spacial score (nSPS) is 14.3. The molecule has 0 fully saturated rings. The van der Waals surface area contributed by atoms with Gasteiger partial charge >= 0.3 is 0 Å². The van der Waals surface area contributed by atoms with Gasteiger partial charge < -0.3 is 10.8 Å². The van der Waals surface area contributed by atoms with E-state index in [0.717, 1.165) is 6.42 Å². The zero-order chi connectivity index (χ0) is 10.8. The van der Waals surface area contributed by atoms with Gasteiger partial charge in [0.2, 0.25) is 0 Å². The number of H-pyrrole nitrogens is 1. The van der Waals surface area contributed by atoms with Crippen LogP contribution in [0.5, 0.6) is 0 Å². The van der Waals surface area contributed by atoms with Crippen molar-refractivity contribution in [2.75, 3.05) is 5.73 Å². The van der Waals surface area contributed by atoms with Crippen LogP contribution in [-0.2, 0) is 0 Å². The molecule has 0 bridgehead atoms. The molecule has 0 radical (unpaired) electrons. The fraction of sp³-hybridized carbons (Fsp3) is 0.700. The number of nitrogens with two attached hydrogens (primary N) is 1. The van der Waals surface area contributed by atoms with E-state index in [0.29, 0.717) is 17.8 Å². The third-order valence-corrected chi connectivity index (χ3v) is 2.23. The van der Waals surface area contributed by atoms with Gasteiger partial charge in [-0.25, -0.2) is 0 Å². The maximum Gasteiger partial charge on any atom is 0.124 e. The highest BCUT2D eigenvalue weighted by molar-refractivity contribution is 5.38.